The number of nitrogens with zero attached hydrogens (tertiary/aromatic N) is 3. The molecule has 19 heavy (non-hydrogen) atoms. The Labute approximate surface area is 116 Å². The first-order valence-corrected chi connectivity index (χ1v) is 7.43. The molecule has 0 amide bonds. The van der Waals surface area contributed by atoms with Crippen molar-refractivity contribution in [2.75, 3.05) is 43.0 Å². The van der Waals surface area contributed by atoms with Crippen molar-refractivity contribution < 1.29 is 9.90 Å². The van der Waals surface area contributed by atoms with Gasteiger partial charge >= 0.3 is 5.97 Å². The molecule has 7 heteroatoms. The second-order valence-corrected chi connectivity index (χ2v) is 5.63. The van der Waals surface area contributed by atoms with Crippen molar-refractivity contribution in [2.45, 2.75) is 6.92 Å². The maximum atomic E-state index is 10.9. The fraction of sp³-hybridized carbons (Fsp3) is 0.583. The van der Waals surface area contributed by atoms with Crippen LogP contribution in [0.15, 0.2) is 6.07 Å². The molecule has 0 unspecified atom stereocenters. The summed E-state index contributed by atoms with van der Waals surface area (Å²) in [6.07, 6.45) is 0. The molecule has 0 aromatic carbocycles. The largest absolute Gasteiger partial charge is 0.477 e. The van der Waals surface area contributed by atoms with Gasteiger partial charge in [-0.25, -0.2) is 14.8 Å². The lowest BCUT2D eigenvalue weighted by Gasteiger charge is -2.26. The van der Waals surface area contributed by atoms with E-state index in [1.807, 2.05) is 11.8 Å². The fourth-order valence-electron chi connectivity index (χ4n) is 1.91. The van der Waals surface area contributed by atoms with E-state index in [0.29, 0.717) is 11.6 Å². The number of hydrogen-bond donors (Lipinski definition) is 2. The zero-order valence-corrected chi connectivity index (χ0v) is 11.7. The van der Waals surface area contributed by atoms with Crippen molar-refractivity contribution in [1.29, 1.82) is 0 Å². The van der Waals surface area contributed by atoms with Gasteiger partial charge in [-0.3, -0.25) is 4.90 Å². The molecular formula is C12H18N4O2S. The van der Waals surface area contributed by atoms with Gasteiger partial charge in [-0.15, -0.1) is 0 Å². The van der Waals surface area contributed by atoms with Crippen LogP contribution in [0.4, 0.5) is 5.95 Å². The summed E-state index contributed by atoms with van der Waals surface area (Å²) in [5.74, 6) is 1.74. The number of carbonyl (C=O) groups is 1. The van der Waals surface area contributed by atoms with Crippen molar-refractivity contribution in [2.24, 2.45) is 0 Å². The van der Waals surface area contributed by atoms with Crippen LogP contribution < -0.4 is 5.32 Å². The highest BCUT2D eigenvalue weighted by Crippen LogP contribution is 2.09. The van der Waals surface area contributed by atoms with Gasteiger partial charge in [-0.2, -0.15) is 11.8 Å². The van der Waals surface area contributed by atoms with Gasteiger partial charge in [0, 0.05) is 43.4 Å². The molecule has 1 aliphatic heterocycles. The topological polar surface area (TPSA) is 78.3 Å². The van der Waals surface area contributed by atoms with Crippen LogP contribution in [0.2, 0.25) is 0 Å². The second kappa shape index (κ2) is 6.72. The highest BCUT2D eigenvalue weighted by Gasteiger charge is 2.11. The highest BCUT2D eigenvalue weighted by atomic mass is 32.2. The third-order valence-corrected chi connectivity index (χ3v) is 3.83. The summed E-state index contributed by atoms with van der Waals surface area (Å²) in [6, 6.07) is 1.47. The Hall–Kier alpha value is -1.34. The van der Waals surface area contributed by atoms with Crippen LogP contribution in [0.3, 0.4) is 0 Å². The quantitative estimate of drug-likeness (QED) is 0.832. The van der Waals surface area contributed by atoms with E-state index < -0.39 is 5.97 Å². The van der Waals surface area contributed by atoms with Gasteiger partial charge in [0.1, 0.15) is 0 Å². The highest BCUT2D eigenvalue weighted by molar-refractivity contribution is 7.99. The maximum absolute atomic E-state index is 10.9. The zero-order valence-electron chi connectivity index (χ0n) is 10.9. The van der Waals surface area contributed by atoms with Gasteiger partial charge < -0.3 is 10.4 Å². The third-order valence-electron chi connectivity index (χ3n) is 2.89. The maximum Gasteiger partial charge on any atom is 0.354 e. The van der Waals surface area contributed by atoms with Gasteiger partial charge in [-0.05, 0) is 13.0 Å². The summed E-state index contributed by atoms with van der Waals surface area (Å²) < 4.78 is 0. The van der Waals surface area contributed by atoms with E-state index in [1.165, 1.54) is 17.6 Å². The standard InChI is InChI=1S/C12H18N4O2S/c1-9-8-10(11(17)18)15-12(14-9)13-2-3-16-4-6-19-7-5-16/h8H,2-7H2,1H3,(H,17,18)(H,13,14,15). The number of aromatic nitrogens is 2. The molecule has 1 aromatic heterocycles. The Morgan fingerprint density at radius 3 is 2.89 bits per heavy atom. The first-order valence-electron chi connectivity index (χ1n) is 6.28. The van der Waals surface area contributed by atoms with Crippen LogP contribution in [0, 0.1) is 6.92 Å². The van der Waals surface area contributed by atoms with Gasteiger partial charge in [0.25, 0.3) is 0 Å². The lowest BCUT2D eigenvalue weighted by atomic mass is 10.3. The minimum atomic E-state index is -1.03. The molecule has 1 saturated heterocycles. The molecule has 2 N–H and O–H groups in total. The molecule has 2 heterocycles. The monoisotopic (exact) mass is 282 g/mol. The molecule has 1 fully saturated rings. The minimum Gasteiger partial charge on any atom is -0.477 e. The van der Waals surface area contributed by atoms with Crippen LogP contribution in [0.1, 0.15) is 16.2 Å². The zero-order chi connectivity index (χ0) is 13.7. The third kappa shape index (κ3) is 4.36. The van der Waals surface area contributed by atoms with E-state index in [1.54, 1.807) is 6.92 Å². The molecule has 0 radical (unpaired) electrons. The Morgan fingerprint density at radius 1 is 1.47 bits per heavy atom. The number of anilines is 1. The van der Waals surface area contributed by atoms with E-state index in [9.17, 15) is 4.79 Å². The van der Waals surface area contributed by atoms with Crippen molar-refractivity contribution >= 4 is 23.7 Å². The van der Waals surface area contributed by atoms with Crippen molar-refractivity contribution in [1.82, 2.24) is 14.9 Å². The number of rotatable bonds is 5. The van der Waals surface area contributed by atoms with E-state index in [-0.39, 0.29) is 5.69 Å². The van der Waals surface area contributed by atoms with E-state index >= 15 is 0 Å². The summed E-state index contributed by atoms with van der Waals surface area (Å²) in [6.45, 7) is 5.65. The van der Waals surface area contributed by atoms with Gasteiger partial charge in [0.05, 0.1) is 0 Å². The average molecular weight is 282 g/mol. The van der Waals surface area contributed by atoms with Crippen LogP contribution in [0.25, 0.3) is 0 Å². The Bertz CT molecular complexity index is 449. The summed E-state index contributed by atoms with van der Waals surface area (Å²) in [5, 5.41) is 12.0. The number of hydrogen-bond acceptors (Lipinski definition) is 6. The van der Waals surface area contributed by atoms with Crippen LogP contribution in [0.5, 0.6) is 0 Å². The molecule has 0 saturated carbocycles. The summed E-state index contributed by atoms with van der Waals surface area (Å²) in [7, 11) is 0. The molecule has 0 aliphatic carbocycles. The second-order valence-electron chi connectivity index (χ2n) is 4.40. The Morgan fingerprint density at radius 2 is 2.21 bits per heavy atom. The summed E-state index contributed by atoms with van der Waals surface area (Å²) in [4.78, 5) is 21.4. The molecule has 1 aromatic rings. The van der Waals surface area contributed by atoms with Crippen LogP contribution in [-0.2, 0) is 0 Å². The number of aryl methyl sites for hydroxylation is 1. The normalized spacial score (nSPS) is 16.3. The summed E-state index contributed by atoms with van der Waals surface area (Å²) >= 11 is 1.98. The Balaban J connectivity index is 1.86. The van der Waals surface area contributed by atoms with Gasteiger partial charge in [0.2, 0.25) is 5.95 Å². The number of nitrogens with one attached hydrogen (secondary N) is 1. The Kier molecular flexibility index (Phi) is 4.98. The fourth-order valence-corrected chi connectivity index (χ4v) is 2.89. The SMILES string of the molecule is Cc1cc(C(=O)O)nc(NCCN2CCSCC2)n1. The van der Waals surface area contributed by atoms with Crippen LogP contribution >= 0.6 is 11.8 Å². The van der Waals surface area contributed by atoms with Crippen LogP contribution in [-0.4, -0.2) is 63.6 Å². The smallest absolute Gasteiger partial charge is 0.354 e. The molecule has 6 nitrogen and oxygen atoms in total. The lowest BCUT2D eigenvalue weighted by Crippen LogP contribution is -2.36. The molecule has 104 valence electrons. The van der Waals surface area contributed by atoms with Crippen molar-refractivity contribution in [3.05, 3.63) is 17.5 Å². The molecular weight excluding hydrogens is 264 g/mol. The molecule has 1 aliphatic rings. The van der Waals surface area contributed by atoms with E-state index in [4.69, 9.17) is 5.11 Å². The van der Waals surface area contributed by atoms with E-state index in [0.717, 1.165) is 26.2 Å². The minimum absolute atomic E-state index is 0.0318. The predicted octanol–water partition coefficient (Wildman–Crippen LogP) is 0.944. The predicted molar refractivity (Wildman–Crippen MR) is 76.0 cm³/mol. The molecule has 0 bridgehead atoms. The first-order chi connectivity index (χ1) is 9.15. The summed E-state index contributed by atoms with van der Waals surface area (Å²) in [5.41, 5.74) is 0.689. The van der Waals surface area contributed by atoms with Gasteiger partial charge in [-0.1, -0.05) is 0 Å². The van der Waals surface area contributed by atoms with Crippen molar-refractivity contribution in [3.8, 4) is 0 Å². The number of carboxylic acid groups (broad SMARTS) is 1. The van der Waals surface area contributed by atoms with E-state index in [2.05, 4.69) is 20.2 Å². The first kappa shape index (κ1) is 14.1. The average Bonchev–Trinajstić information content (AvgIpc) is 2.39. The number of carboxylic acids is 1. The molecule has 2 rings (SSSR count). The van der Waals surface area contributed by atoms with Crippen molar-refractivity contribution in [3.63, 3.8) is 0 Å². The lowest BCUT2D eigenvalue weighted by molar-refractivity contribution is 0.0690. The number of aromatic carboxylic acids is 1. The van der Waals surface area contributed by atoms with Gasteiger partial charge in [0.15, 0.2) is 5.69 Å². The number of thioether (sulfide) groups is 1. The molecule has 0 spiro atoms. The molecule has 0 atom stereocenters.